The molecule has 134 valence electrons. The van der Waals surface area contributed by atoms with Gasteiger partial charge in [0.25, 0.3) is 0 Å². The van der Waals surface area contributed by atoms with Crippen LogP contribution in [0.15, 0.2) is 36.4 Å². The summed E-state index contributed by atoms with van der Waals surface area (Å²) in [4.78, 5) is 42.4. The van der Waals surface area contributed by atoms with E-state index < -0.39 is 35.7 Å². The highest BCUT2D eigenvalue weighted by molar-refractivity contribution is 6.01. The number of hydrogen-bond acceptors (Lipinski definition) is 4. The number of benzene rings is 1. The average Bonchev–Trinajstić information content (AvgIpc) is 2.54. The molecule has 0 spiro atoms. The zero-order chi connectivity index (χ0) is 19.1. The van der Waals surface area contributed by atoms with Gasteiger partial charge < -0.3 is 20.4 Å². The molecule has 0 aliphatic heterocycles. The lowest BCUT2D eigenvalue weighted by Gasteiger charge is -2.26. The van der Waals surface area contributed by atoms with Gasteiger partial charge in [0.1, 0.15) is 0 Å². The van der Waals surface area contributed by atoms with Crippen molar-refractivity contribution in [3.63, 3.8) is 0 Å². The molecule has 1 aromatic carbocycles. The first-order chi connectivity index (χ1) is 11.7. The Balaban J connectivity index is 0.000000251. The van der Waals surface area contributed by atoms with Crippen LogP contribution in [0.1, 0.15) is 34.1 Å². The Morgan fingerprint density at radius 1 is 0.880 bits per heavy atom. The molecule has 1 aliphatic carbocycles. The van der Waals surface area contributed by atoms with Crippen molar-refractivity contribution in [2.75, 3.05) is 0 Å². The number of aromatic carboxylic acids is 2. The summed E-state index contributed by atoms with van der Waals surface area (Å²) in [6, 6.07) is 5.48. The maximum absolute atomic E-state index is 10.8. The minimum atomic E-state index is -1.23. The summed E-state index contributed by atoms with van der Waals surface area (Å²) >= 11 is 0. The minimum absolute atomic E-state index is 0.108. The van der Waals surface area contributed by atoms with E-state index in [0.717, 1.165) is 0 Å². The van der Waals surface area contributed by atoms with E-state index in [-0.39, 0.29) is 17.0 Å². The fourth-order valence-electron chi connectivity index (χ4n) is 2.55. The fourth-order valence-corrected chi connectivity index (χ4v) is 2.55. The van der Waals surface area contributed by atoms with E-state index in [2.05, 4.69) is 0 Å². The smallest absolute Gasteiger partial charge is 0.336 e. The van der Waals surface area contributed by atoms with Crippen LogP contribution in [-0.4, -0.2) is 44.3 Å². The summed E-state index contributed by atoms with van der Waals surface area (Å²) in [5.41, 5.74) is -0.380. The van der Waals surface area contributed by atoms with Gasteiger partial charge in [-0.15, -0.1) is 0 Å². The summed E-state index contributed by atoms with van der Waals surface area (Å²) in [6.07, 6.45) is 3.85. The van der Waals surface area contributed by atoms with E-state index in [1.807, 2.05) is 0 Å². The second kappa shape index (κ2) is 8.62. The molecule has 4 N–H and O–H groups in total. The molecule has 0 radical (unpaired) electrons. The number of carboxylic acids is 4. The highest BCUT2D eigenvalue weighted by Gasteiger charge is 2.37. The molecule has 3 atom stereocenters. The minimum Gasteiger partial charge on any atom is -0.481 e. The third kappa shape index (κ3) is 5.17. The Kier molecular flexibility index (Phi) is 6.86. The highest BCUT2D eigenvalue weighted by Crippen LogP contribution is 2.30. The first kappa shape index (κ1) is 19.9. The molecule has 8 nitrogen and oxygen atoms in total. The normalized spacial score (nSPS) is 21.6. The van der Waals surface area contributed by atoms with E-state index in [1.54, 1.807) is 13.0 Å². The van der Waals surface area contributed by atoms with Gasteiger partial charge in [-0.3, -0.25) is 9.59 Å². The van der Waals surface area contributed by atoms with Gasteiger partial charge in [0.15, 0.2) is 0 Å². The molecular weight excluding hydrogens is 332 g/mol. The number of carboxylic acid groups (broad SMARTS) is 4. The van der Waals surface area contributed by atoms with Gasteiger partial charge >= 0.3 is 23.9 Å². The predicted molar refractivity (Wildman–Crippen MR) is 85.5 cm³/mol. The summed E-state index contributed by atoms with van der Waals surface area (Å²) in [6.45, 7) is 1.76. The Hall–Kier alpha value is -3.16. The lowest BCUT2D eigenvalue weighted by molar-refractivity contribution is -0.154. The van der Waals surface area contributed by atoms with Crippen molar-refractivity contribution in [2.24, 2.45) is 17.8 Å². The van der Waals surface area contributed by atoms with Gasteiger partial charge in [-0.25, -0.2) is 9.59 Å². The molecule has 0 saturated carbocycles. The van der Waals surface area contributed by atoms with Gasteiger partial charge in [-0.2, -0.15) is 0 Å². The van der Waals surface area contributed by atoms with Gasteiger partial charge in [-0.1, -0.05) is 31.2 Å². The number of hydrogen-bond donors (Lipinski definition) is 4. The van der Waals surface area contributed by atoms with Crippen LogP contribution in [0.5, 0.6) is 0 Å². The topological polar surface area (TPSA) is 149 Å². The first-order valence-electron chi connectivity index (χ1n) is 7.34. The first-order valence-corrected chi connectivity index (χ1v) is 7.34. The van der Waals surface area contributed by atoms with E-state index in [4.69, 9.17) is 20.4 Å². The van der Waals surface area contributed by atoms with E-state index in [9.17, 15) is 19.2 Å². The van der Waals surface area contributed by atoms with E-state index >= 15 is 0 Å². The molecule has 0 bridgehead atoms. The Morgan fingerprint density at radius 2 is 1.36 bits per heavy atom. The third-order valence-electron chi connectivity index (χ3n) is 3.81. The van der Waals surface area contributed by atoms with Crippen LogP contribution in [0.25, 0.3) is 0 Å². The quantitative estimate of drug-likeness (QED) is 0.603. The summed E-state index contributed by atoms with van der Waals surface area (Å²) < 4.78 is 0. The molecule has 8 heteroatoms. The number of rotatable bonds is 4. The van der Waals surface area contributed by atoms with E-state index in [0.29, 0.717) is 6.42 Å². The van der Waals surface area contributed by atoms with Crippen LogP contribution in [0.2, 0.25) is 0 Å². The predicted octanol–water partition coefficient (Wildman–Crippen LogP) is 2.07. The van der Waals surface area contributed by atoms with Crippen molar-refractivity contribution >= 4 is 23.9 Å². The van der Waals surface area contributed by atoms with Crippen molar-refractivity contribution in [3.05, 3.63) is 47.5 Å². The molecule has 2 rings (SSSR count). The van der Waals surface area contributed by atoms with Crippen molar-refractivity contribution in [1.29, 1.82) is 0 Å². The molecule has 1 aliphatic rings. The lowest BCUT2D eigenvalue weighted by Crippen LogP contribution is -2.35. The Morgan fingerprint density at radius 3 is 1.68 bits per heavy atom. The fraction of sp³-hybridized carbons (Fsp3) is 0.294. The molecule has 3 unspecified atom stereocenters. The van der Waals surface area contributed by atoms with Crippen LogP contribution in [-0.2, 0) is 9.59 Å². The highest BCUT2D eigenvalue weighted by atomic mass is 16.4. The number of aliphatic carboxylic acids is 2. The zero-order valence-corrected chi connectivity index (χ0v) is 13.3. The maximum Gasteiger partial charge on any atom is 0.336 e. The summed E-state index contributed by atoms with van der Waals surface area (Å²) in [5.74, 6) is -6.31. The average molecular weight is 350 g/mol. The molecule has 0 amide bonds. The second-order valence-electron chi connectivity index (χ2n) is 5.53. The monoisotopic (exact) mass is 350 g/mol. The third-order valence-corrected chi connectivity index (χ3v) is 3.81. The molecule has 0 aromatic heterocycles. The summed E-state index contributed by atoms with van der Waals surface area (Å²) in [7, 11) is 0. The number of carbonyl (C=O) groups is 4. The molecule has 1 aromatic rings. The molecule has 0 fully saturated rings. The molecule has 0 saturated heterocycles. The van der Waals surface area contributed by atoms with Crippen LogP contribution < -0.4 is 0 Å². The Labute approximate surface area is 143 Å². The van der Waals surface area contributed by atoms with Gasteiger partial charge in [0.2, 0.25) is 0 Å². The second-order valence-corrected chi connectivity index (χ2v) is 5.53. The van der Waals surface area contributed by atoms with Gasteiger partial charge in [-0.05, 0) is 24.5 Å². The maximum atomic E-state index is 10.8. The van der Waals surface area contributed by atoms with Crippen LogP contribution >= 0.6 is 0 Å². The van der Waals surface area contributed by atoms with Gasteiger partial charge in [0, 0.05) is 0 Å². The zero-order valence-electron chi connectivity index (χ0n) is 13.3. The largest absolute Gasteiger partial charge is 0.481 e. The van der Waals surface area contributed by atoms with Crippen molar-refractivity contribution < 1.29 is 39.6 Å². The summed E-state index contributed by atoms with van der Waals surface area (Å²) in [5, 5.41) is 34.7. The Bertz CT molecular complexity index is 673. The van der Waals surface area contributed by atoms with Crippen molar-refractivity contribution in [1.82, 2.24) is 0 Å². The van der Waals surface area contributed by atoms with Gasteiger partial charge in [0.05, 0.1) is 23.0 Å². The van der Waals surface area contributed by atoms with Crippen LogP contribution in [0.3, 0.4) is 0 Å². The van der Waals surface area contributed by atoms with Crippen molar-refractivity contribution in [2.45, 2.75) is 13.3 Å². The molecule has 25 heavy (non-hydrogen) atoms. The molecule has 0 heterocycles. The van der Waals surface area contributed by atoms with Crippen LogP contribution in [0.4, 0.5) is 0 Å². The standard InChI is InChI=1S/C9H12O4.C8H6O4/c1-5-3-2-4-6(8(10)11)7(5)9(12)13;9-7(10)5-3-1-2-4-6(5)8(11)12/h2,4-7H,3H2,1H3,(H,10,11)(H,12,13);1-4H,(H,9,10)(H,11,12). The lowest BCUT2D eigenvalue weighted by atomic mass is 9.77. The van der Waals surface area contributed by atoms with Crippen molar-refractivity contribution in [3.8, 4) is 0 Å². The van der Waals surface area contributed by atoms with E-state index in [1.165, 1.54) is 30.3 Å². The SMILES string of the molecule is CC1CC=CC(C(=O)O)C1C(=O)O.O=C(O)c1ccccc1C(=O)O. The number of allylic oxidation sites excluding steroid dienone is 1. The van der Waals surface area contributed by atoms with Crippen LogP contribution in [0, 0.1) is 17.8 Å². The molecular formula is C17H18O8.